The maximum atomic E-state index is 13.5. The van der Waals surface area contributed by atoms with Crippen molar-refractivity contribution < 1.29 is 71.0 Å². The van der Waals surface area contributed by atoms with Crippen LogP contribution >= 0.6 is 0 Å². The van der Waals surface area contributed by atoms with Crippen LogP contribution in [0.25, 0.3) is 88.1 Å². The number of benzene rings is 8. The highest BCUT2D eigenvalue weighted by atomic mass is 19.3. The molecule has 33 nitrogen and oxygen atoms in total. The fourth-order valence-corrected chi connectivity index (χ4v) is 16.6. The van der Waals surface area contributed by atoms with E-state index >= 15 is 0 Å². The van der Waals surface area contributed by atoms with Crippen molar-refractivity contribution in [2.24, 2.45) is 0 Å². The highest BCUT2D eigenvalue weighted by Gasteiger charge is 2.38. The number of aliphatic hydroxyl groups excluding tert-OH is 1. The van der Waals surface area contributed by atoms with Gasteiger partial charge in [-0.1, -0.05) is 42.5 Å². The summed E-state index contributed by atoms with van der Waals surface area (Å²) in [6, 6.07) is 60.1. The minimum Gasteiger partial charge on any atom is -0.456 e. The summed E-state index contributed by atoms with van der Waals surface area (Å²) < 4.78 is 70.5. The Hall–Kier alpha value is -16.5. The van der Waals surface area contributed by atoms with Crippen molar-refractivity contribution in [3.05, 3.63) is 296 Å². The molecule has 23 rings (SSSR count). The van der Waals surface area contributed by atoms with Gasteiger partial charge in [0, 0.05) is 199 Å². The van der Waals surface area contributed by atoms with E-state index in [4.69, 9.17) is 37.9 Å². The number of piperidine rings is 1. The van der Waals surface area contributed by atoms with E-state index in [0.29, 0.717) is 104 Å². The lowest BCUT2D eigenvalue weighted by Crippen LogP contribution is -2.35. The number of H-pyrrole nitrogens is 4. The van der Waals surface area contributed by atoms with Crippen molar-refractivity contribution in [1.82, 2.24) is 80.4 Å². The van der Waals surface area contributed by atoms with Crippen LogP contribution in [0.15, 0.2) is 256 Å². The number of fused-ring (bicyclic) bond motifs is 7. The molecule has 0 aliphatic carbocycles. The van der Waals surface area contributed by atoms with Gasteiger partial charge in [0.05, 0.1) is 54.1 Å². The number of likely N-dealkylation sites (tertiary alicyclic amines) is 2. The fourth-order valence-electron chi connectivity index (χ4n) is 16.6. The lowest BCUT2D eigenvalue weighted by atomic mass is 10.0. The molecule has 0 atom stereocenters. The molecule has 9 aromatic heterocycles. The van der Waals surface area contributed by atoms with Crippen LogP contribution < -0.4 is 54.4 Å². The molecule has 135 heavy (non-hydrogen) atoms. The number of aliphatic hydroxyl groups is 1. The zero-order valence-corrected chi connectivity index (χ0v) is 72.3. The predicted octanol–water partition coefficient (Wildman–Crippen LogP) is 16.5. The number of morpholine rings is 1. The number of nitrogens with one attached hydrogen (secondary N) is 8. The Morgan fingerprint density at radius 1 is 0.370 bits per heavy atom. The number of anilines is 4. The summed E-state index contributed by atoms with van der Waals surface area (Å²) in [5.74, 6) is 1.23. The molecule has 3 saturated heterocycles. The summed E-state index contributed by atoms with van der Waals surface area (Å²) in [5, 5.41) is 52.7. The number of alkyl halides is 2. The van der Waals surface area contributed by atoms with Crippen molar-refractivity contribution in [1.29, 1.82) is 0 Å². The third kappa shape index (κ3) is 20.4. The van der Waals surface area contributed by atoms with Gasteiger partial charge in [-0.2, -0.15) is 20.4 Å². The number of carbonyl (C=O) groups is 4. The van der Waals surface area contributed by atoms with E-state index in [1.54, 1.807) is 109 Å². The molecule has 0 saturated carbocycles. The smallest absolute Gasteiger partial charge is 0.276 e. The van der Waals surface area contributed by atoms with Gasteiger partial charge in [0.15, 0.2) is 57.3 Å². The van der Waals surface area contributed by atoms with E-state index < -0.39 is 5.92 Å². The van der Waals surface area contributed by atoms with Gasteiger partial charge in [-0.3, -0.25) is 79.2 Å². The van der Waals surface area contributed by atoms with Gasteiger partial charge in [-0.25, -0.2) is 8.78 Å². The van der Waals surface area contributed by atoms with E-state index in [2.05, 4.69) is 109 Å². The third-order valence-corrected chi connectivity index (χ3v) is 23.5. The summed E-state index contributed by atoms with van der Waals surface area (Å²) >= 11 is 0. The van der Waals surface area contributed by atoms with Crippen molar-refractivity contribution in [2.75, 3.05) is 94.1 Å². The molecule has 4 amide bonds. The molecule has 0 spiro atoms. The maximum Gasteiger partial charge on any atom is 0.276 e. The number of pyridine rings is 5. The summed E-state index contributed by atoms with van der Waals surface area (Å²) in [6.45, 7) is 7.87. The molecule has 6 aliphatic heterocycles. The summed E-state index contributed by atoms with van der Waals surface area (Å²) in [7, 11) is 0. The van der Waals surface area contributed by atoms with Crippen LogP contribution in [0.3, 0.4) is 0 Å². The largest absolute Gasteiger partial charge is 0.456 e. The highest BCUT2D eigenvalue weighted by Crippen LogP contribution is 2.40. The van der Waals surface area contributed by atoms with E-state index in [9.17, 15) is 33.1 Å². The normalized spacial score (nSPS) is 14.8. The Morgan fingerprint density at radius 3 is 1.14 bits per heavy atom. The van der Waals surface area contributed by atoms with Gasteiger partial charge >= 0.3 is 0 Å². The lowest BCUT2D eigenvalue weighted by Gasteiger charge is -2.29. The SMILES string of the molecule is O=C(Nc1ccc2c(c1)OCO2)c1n[nH]c2ccc(-c3cncc(CN4CCC(O)CC4)c3)cc12.O=C(Nc1ccc2c(c1)OCO2)c1n[nH]c2ccc(-c3cncc(CN4CCOCC4)c3)cc12.O=C(Nc1ccc2c(c1)OCO2)c1n[nH]c2ccc(-c3cncc(Oc4ccccc4)c3)cc12.O=C(Nc1ccncc1)c1n[nH]c2ccc(-c3cncc(CN4CCC(F)(F)C4)c3)cc12. The zero-order chi connectivity index (χ0) is 91.7. The molecular weight excluding hydrogens is 1730 g/mol. The molecule has 0 bridgehead atoms. The summed E-state index contributed by atoms with van der Waals surface area (Å²) in [6.07, 6.45) is 18.8. The second-order valence-corrected chi connectivity index (χ2v) is 32.9. The molecule has 0 unspecified atom stereocenters. The Kier molecular flexibility index (Phi) is 24.9. The lowest BCUT2D eigenvalue weighted by molar-refractivity contribution is 0.0114. The number of halogens is 2. The number of para-hydroxylation sites is 1. The Balaban J connectivity index is 0.000000112. The van der Waals surface area contributed by atoms with Gasteiger partial charge in [0.2, 0.25) is 20.4 Å². The minimum atomic E-state index is -2.62. The molecule has 678 valence electrons. The first-order chi connectivity index (χ1) is 66.0. The third-order valence-electron chi connectivity index (χ3n) is 23.5. The predicted molar refractivity (Wildman–Crippen MR) is 499 cm³/mol. The van der Waals surface area contributed by atoms with Gasteiger partial charge in [0.25, 0.3) is 29.6 Å². The van der Waals surface area contributed by atoms with Crippen molar-refractivity contribution in [3.63, 3.8) is 0 Å². The van der Waals surface area contributed by atoms with Crippen LogP contribution in [-0.2, 0) is 24.4 Å². The standard InChI is InChI=1S/C26H25N5O4.C26H18N4O4.C25H23N5O4.C23H20F2N6O/c32-20-5-7-31(8-6-20)14-16-9-18(13-27-12-16)17-1-3-22-21(10-17)25(30-29-22)26(33)28-19-2-4-23-24(11-19)35-15-34-23;31-26(28-18-7-9-23-24(12-18)33-15-32-23)25-21-11-16(6-8-22(21)29-30-25)17-10-20(14-27-13-17)34-19-4-2-1-3-5-19;31-25(27-19-2-4-22-23(11-19)34-15-33-22)24-20-10-17(1-3-21(20)28-29-24)18-9-16(12-26-13-18)14-30-5-7-32-8-6-30;24-23(25)5-8-31(14-23)13-15-9-17(12-27-11-15)16-1-2-20-19(10-16)21(30-29-20)22(32)28-18-3-6-26-7-4-18/h1-4,9-13,20,32H,5-8,14-15H2,(H,28,33)(H,29,30);1-14H,15H2,(H,28,31)(H,29,30);1-4,9-13H,5-8,14-15H2,(H,27,31)(H,28,29);1-4,6-7,9-12H,5,8,13-14H2,(H,29,30)(H,26,28,32). The number of ether oxygens (including phenoxy) is 8. The molecule has 0 radical (unpaired) electrons. The molecule has 6 aliphatic rings. The van der Waals surface area contributed by atoms with Crippen LogP contribution in [0.4, 0.5) is 31.5 Å². The zero-order valence-electron chi connectivity index (χ0n) is 72.3. The Labute approximate surface area is 768 Å². The van der Waals surface area contributed by atoms with Crippen molar-refractivity contribution in [3.8, 4) is 90.5 Å². The van der Waals surface area contributed by atoms with Gasteiger partial charge < -0.3 is 64.3 Å². The second kappa shape index (κ2) is 38.9. The van der Waals surface area contributed by atoms with Gasteiger partial charge in [-0.15, -0.1) is 0 Å². The van der Waals surface area contributed by atoms with Crippen LogP contribution in [0.2, 0.25) is 0 Å². The van der Waals surface area contributed by atoms with E-state index in [1.165, 1.54) is 0 Å². The molecule has 3 fully saturated rings. The topological polar surface area (TPSA) is 399 Å². The molecule has 8 aromatic carbocycles. The number of aromatic nitrogens is 13. The van der Waals surface area contributed by atoms with Gasteiger partial charge in [-0.05, 0) is 185 Å². The Bertz CT molecular complexity index is 7250. The first kappa shape index (κ1) is 86.6. The highest BCUT2D eigenvalue weighted by molar-refractivity contribution is 6.15. The number of hydrogen-bond donors (Lipinski definition) is 9. The molecule has 35 heteroatoms. The number of nitrogens with zero attached hydrogens (tertiary/aromatic N) is 12. The fraction of sp³-hybridized carbons (Fsp3) is 0.190. The molecular formula is C100H86F2N20O13. The number of carbonyl (C=O) groups excluding carboxylic acids is 4. The number of hydrogen-bond acceptors (Lipinski definition) is 25. The first-order valence-corrected chi connectivity index (χ1v) is 43.6. The van der Waals surface area contributed by atoms with E-state index in [1.807, 2.05) is 140 Å². The van der Waals surface area contributed by atoms with Gasteiger partial charge in [0.1, 0.15) is 11.5 Å². The number of amides is 4. The first-order valence-electron chi connectivity index (χ1n) is 43.6. The van der Waals surface area contributed by atoms with E-state index in [-0.39, 0.29) is 68.8 Å². The number of rotatable bonds is 20. The average molecular weight is 1810 g/mol. The van der Waals surface area contributed by atoms with Crippen LogP contribution in [0, 0.1) is 0 Å². The van der Waals surface area contributed by atoms with E-state index in [0.717, 1.165) is 165 Å². The molecule has 15 heterocycles. The van der Waals surface area contributed by atoms with Crippen molar-refractivity contribution in [2.45, 2.75) is 50.9 Å². The van der Waals surface area contributed by atoms with Crippen LogP contribution in [-0.4, -0.2) is 194 Å². The minimum absolute atomic E-state index is 0.110. The monoisotopic (exact) mass is 1810 g/mol. The summed E-state index contributed by atoms with van der Waals surface area (Å²) in [4.78, 5) is 79.7. The average Bonchev–Trinajstić information content (AvgIpc) is 1.67. The van der Waals surface area contributed by atoms with Crippen LogP contribution in [0.1, 0.15) is 77.9 Å². The van der Waals surface area contributed by atoms with Crippen LogP contribution in [0.5, 0.6) is 46.0 Å². The Morgan fingerprint density at radius 2 is 0.741 bits per heavy atom. The molecule has 9 N–H and O–H groups in total. The maximum absolute atomic E-state index is 13.5. The number of aromatic amines is 4. The summed E-state index contributed by atoms with van der Waals surface area (Å²) in [5.41, 5.74) is 17.2. The second-order valence-electron chi connectivity index (χ2n) is 32.9. The molecule has 17 aromatic rings. The van der Waals surface area contributed by atoms with Crippen molar-refractivity contribution >= 4 is 90.0 Å². The quantitative estimate of drug-likeness (QED) is 0.0342.